The summed E-state index contributed by atoms with van der Waals surface area (Å²) < 4.78 is 11.6. The Balaban J connectivity index is 1.61. The summed E-state index contributed by atoms with van der Waals surface area (Å²) in [5, 5.41) is 5.73. The summed E-state index contributed by atoms with van der Waals surface area (Å²) in [6.45, 7) is 3.78. The molecule has 0 aliphatic rings. The maximum Gasteiger partial charge on any atom is 0.265 e. The molecule has 3 aromatic rings. The zero-order valence-electron chi connectivity index (χ0n) is 18.3. The van der Waals surface area contributed by atoms with Gasteiger partial charge in [-0.25, -0.2) is 0 Å². The Bertz CT molecular complexity index is 930. The van der Waals surface area contributed by atoms with Gasteiger partial charge >= 0.3 is 0 Å². The van der Waals surface area contributed by atoms with Gasteiger partial charge in [0.2, 0.25) is 0 Å². The number of nitrogens with one attached hydrogen (secondary N) is 2. The van der Waals surface area contributed by atoms with Crippen LogP contribution in [0, 0.1) is 0 Å². The Morgan fingerprint density at radius 1 is 0.656 bits per heavy atom. The van der Waals surface area contributed by atoms with Crippen LogP contribution >= 0.6 is 0 Å². The highest BCUT2D eigenvalue weighted by Crippen LogP contribution is 2.19. The molecule has 6 heteroatoms. The molecule has 3 rings (SSSR count). The number of carbonyl (C=O) groups is 2. The van der Waals surface area contributed by atoms with Crippen LogP contribution in [0.4, 0.5) is 11.4 Å². The van der Waals surface area contributed by atoms with E-state index in [-0.39, 0.29) is 11.8 Å². The van der Waals surface area contributed by atoms with Gasteiger partial charge in [-0.1, -0.05) is 56.3 Å². The van der Waals surface area contributed by atoms with Gasteiger partial charge in [0.15, 0.2) is 12.2 Å². The van der Waals surface area contributed by atoms with Gasteiger partial charge in [-0.05, 0) is 55.3 Å². The van der Waals surface area contributed by atoms with Crippen molar-refractivity contribution in [1.29, 1.82) is 0 Å². The minimum absolute atomic E-state index is 0.251. The monoisotopic (exact) mass is 432 g/mol. The fourth-order valence-corrected chi connectivity index (χ4v) is 3.09. The SMILES string of the molecule is CC[C@@H](Oc1ccccc1)C(=O)Nc1cccc(NC(=O)[C@@H](CC)Oc2ccccc2)c1. The zero-order valence-corrected chi connectivity index (χ0v) is 18.3. The first kappa shape index (κ1) is 22.9. The first-order valence-corrected chi connectivity index (χ1v) is 10.7. The van der Waals surface area contributed by atoms with Crippen molar-refractivity contribution in [3.63, 3.8) is 0 Å². The Labute approximate surface area is 188 Å². The quantitative estimate of drug-likeness (QED) is 0.457. The van der Waals surface area contributed by atoms with Crippen molar-refractivity contribution in [1.82, 2.24) is 0 Å². The average molecular weight is 433 g/mol. The fourth-order valence-electron chi connectivity index (χ4n) is 3.09. The van der Waals surface area contributed by atoms with Gasteiger partial charge in [0.1, 0.15) is 11.5 Å². The van der Waals surface area contributed by atoms with Crippen LogP contribution in [0.5, 0.6) is 11.5 Å². The molecule has 2 atom stereocenters. The van der Waals surface area contributed by atoms with E-state index in [0.717, 1.165) is 0 Å². The summed E-state index contributed by atoms with van der Waals surface area (Å²) in [5.74, 6) is 0.774. The Kier molecular flexibility index (Phi) is 8.26. The number of benzene rings is 3. The maximum atomic E-state index is 12.7. The summed E-state index contributed by atoms with van der Waals surface area (Å²) in [6, 6.07) is 25.5. The van der Waals surface area contributed by atoms with Gasteiger partial charge < -0.3 is 20.1 Å². The molecule has 0 aliphatic heterocycles. The third-order valence-corrected chi connectivity index (χ3v) is 4.77. The molecule has 0 saturated carbocycles. The second-order valence-electron chi connectivity index (χ2n) is 7.21. The molecule has 0 radical (unpaired) electrons. The van der Waals surface area contributed by atoms with E-state index >= 15 is 0 Å². The minimum atomic E-state index is -0.626. The van der Waals surface area contributed by atoms with E-state index < -0.39 is 12.2 Å². The molecule has 2 amide bonds. The third-order valence-electron chi connectivity index (χ3n) is 4.77. The molecule has 0 fully saturated rings. The van der Waals surface area contributed by atoms with E-state index in [1.165, 1.54) is 0 Å². The van der Waals surface area contributed by atoms with Crippen molar-refractivity contribution >= 4 is 23.2 Å². The van der Waals surface area contributed by atoms with Crippen molar-refractivity contribution in [2.75, 3.05) is 10.6 Å². The van der Waals surface area contributed by atoms with Crippen LogP contribution in [0.1, 0.15) is 26.7 Å². The number of hydrogen-bond acceptors (Lipinski definition) is 4. The van der Waals surface area contributed by atoms with Gasteiger partial charge in [0, 0.05) is 11.4 Å². The van der Waals surface area contributed by atoms with Crippen molar-refractivity contribution in [2.24, 2.45) is 0 Å². The van der Waals surface area contributed by atoms with Crippen LogP contribution in [0.15, 0.2) is 84.9 Å². The molecule has 0 heterocycles. The predicted molar refractivity (Wildman–Crippen MR) is 126 cm³/mol. The zero-order chi connectivity index (χ0) is 22.8. The Hall–Kier alpha value is -3.80. The molecule has 0 aromatic heterocycles. The number of anilines is 2. The van der Waals surface area contributed by atoms with Crippen molar-refractivity contribution in [3.05, 3.63) is 84.9 Å². The highest BCUT2D eigenvalue weighted by molar-refractivity contribution is 5.97. The first-order chi connectivity index (χ1) is 15.6. The second-order valence-corrected chi connectivity index (χ2v) is 7.21. The summed E-state index contributed by atoms with van der Waals surface area (Å²) in [5.41, 5.74) is 1.14. The van der Waals surface area contributed by atoms with E-state index in [1.54, 1.807) is 24.3 Å². The van der Waals surface area contributed by atoms with E-state index in [2.05, 4.69) is 10.6 Å². The highest BCUT2D eigenvalue weighted by atomic mass is 16.5. The number of para-hydroxylation sites is 2. The molecule has 32 heavy (non-hydrogen) atoms. The molecule has 0 bridgehead atoms. The van der Waals surface area contributed by atoms with E-state index in [9.17, 15) is 9.59 Å². The lowest BCUT2D eigenvalue weighted by Crippen LogP contribution is -2.33. The summed E-state index contributed by atoms with van der Waals surface area (Å²) in [7, 11) is 0. The van der Waals surface area contributed by atoms with Gasteiger partial charge in [-0.2, -0.15) is 0 Å². The van der Waals surface area contributed by atoms with Crippen LogP contribution in [0.3, 0.4) is 0 Å². The summed E-state index contributed by atoms with van der Waals surface area (Å²) in [6.07, 6.45) is -0.211. The van der Waals surface area contributed by atoms with E-state index in [1.807, 2.05) is 74.5 Å². The summed E-state index contributed by atoms with van der Waals surface area (Å²) >= 11 is 0. The van der Waals surface area contributed by atoms with Crippen molar-refractivity contribution in [2.45, 2.75) is 38.9 Å². The lowest BCUT2D eigenvalue weighted by Gasteiger charge is -2.19. The normalized spacial score (nSPS) is 12.3. The largest absolute Gasteiger partial charge is 0.481 e. The van der Waals surface area contributed by atoms with Gasteiger partial charge in [-0.3, -0.25) is 9.59 Å². The molecule has 0 spiro atoms. The molecule has 3 aromatic carbocycles. The smallest absolute Gasteiger partial charge is 0.265 e. The minimum Gasteiger partial charge on any atom is -0.481 e. The number of carbonyl (C=O) groups excluding carboxylic acids is 2. The summed E-state index contributed by atoms with van der Waals surface area (Å²) in [4.78, 5) is 25.4. The van der Waals surface area contributed by atoms with Crippen molar-refractivity contribution < 1.29 is 19.1 Å². The number of amides is 2. The van der Waals surface area contributed by atoms with Crippen molar-refractivity contribution in [3.8, 4) is 11.5 Å². The number of hydrogen-bond donors (Lipinski definition) is 2. The maximum absolute atomic E-state index is 12.7. The number of ether oxygens (including phenoxy) is 2. The topological polar surface area (TPSA) is 76.7 Å². The lowest BCUT2D eigenvalue weighted by molar-refractivity contribution is -0.123. The fraction of sp³-hybridized carbons (Fsp3) is 0.231. The van der Waals surface area contributed by atoms with Crippen LogP contribution in [-0.4, -0.2) is 24.0 Å². The van der Waals surface area contributed by atoms with Crippen LogP contribution in [0.25, 0.3) is 0 Å². The molecule has 0 saturated heterocycles. The lowest BCUT2D eigenvalue weighted by atomic mass is 10.2. The second kappa shape index (κ2) is 11.6. The molecule has 166 valence electrons. The predicted octanol–water partition coefficient (Wildman–Crippen LogP) is 5.28. The number of rotatable bonds is 10. The first-order valence-electron chi connectivity index (χ1n) is 10.7. The van der Waals surface area contributed by atoms with E-state index in [4.69, 9.17) is 9.47 Å². The van der Waals surface area contributed by atoms with Gasteiger partial charge in [0.05, 0.1) is 0 Å². The third kappa shape index (κ3) is 6.60. The Morgan fingerprint density at radius 2 is 1.06 bits per heavy atom. The molecule has 2 N–H and O–H groups in total. The standard InChI is InChI=1S/C26H28N2O4/c1-3-23(31-21-14-7-5-8-15-21)25(29)27-19-12-11-13-20(18-19)28-26(30)24(4-2)32-22-16-9-6-10-17-22/h5-18,23-24H,3-4H2,1-2H3,(H,27,29)(H,28,30)/t23-,24-/m1/s1. The Morgan fingerprint density at radius 3 is 1.44 bits per heavy atom. The highest BCUT2D eigenvalue weighted by Gasteiger charge is 2.20. The average Bonchev–Trinajstić information content (AvgIpc) is 2.82. The molecule has 0 unspecified atom stereocenters. The van der Waals surface area contributed by atoms with Gasteiger partial charge in [-0.15, -0.1) is 0 Å². The molecular weight excluding hydrogens is 404 g/mol. The van der Waals surface area contributed by atoms with Crippen LogP contribution < -0.4 is 20.1 Å². The molecule has 6 nitrogen and oxygen atoms in total. The van der Waals surface area contributed by atoms with Gasteiger partial charge in [0.25, 0.3) is 11.8 Å². The van der Waals surface area contributed by atoms with Crippen LogP contribution in [0.2, 0.25) is 0 Å². The van der Waals surface area contributed by atoms with Crippen LogP contribution in [-0.2, 0) is 9.59 Å². The van der Waals surface area contributed by atoms with E-state index in [0.29, 0.717) is 35.7 Å². The molecular formula is C26H28N2O4. The molecule has 0 aliphatic carbocycles.